The monoisotopic (exact) mass is 466 g/mol. The molecular formula is C24H30N6O4. The Hall–Kier alpha value is -3.66. The molecule has 10 nitrogen and oxygen atoms in total. The van der Waals surface area contributed by atoms with E-state index in [-0.39, 0.29) is 28.6 Å². The number of rotatable bonds is 5. The van der Waals surface area contributed by atoms with E-state index in [1.807, 2.05) is 39.8 Å². The molecule has 2 aromatic heterocycles. The Morgan fingerprint density at radius 1 is 1.12 bits per heavy atom. The molecule has 1 aliphatic heterocycles. The Kier molecular flexibility index (Phi) is 6.43. The van der Waals surface area contributed by atoms with Crippen molar-refractivity contribution in [3.8, 4) is 28.6 Å². The van der Waals surface area contributed by atoms with Gasteiger partial charge in [0.15, 0.2) is 5.82 Å². The lowest BCUT2D eigenvalue weighted by atomic mass is 9.85. The van der Waals surface area contributed by atoms with Gasteiger partial charge in [-0.05, 0) is 30.5 Å². The number of hydrogen-bond donors (Lipinski definition) is 3. The van der Waals surface area contributed by atoms with Crippen LogP contribution in [0.5, 0.6) is 11.5 Å². The van der Waals surface area contributed by atoms with Crippen molar-refractivity contribution < 1.29 is 19.7 Å². The van der Waals surface area contributed by atoms with E-state index in [2.05, 4.69) is 25.4 Å². The van der Waals surface area contributed by atoms with Crippen molar-refractivity contribution in [3.05, 3.63) is 41.9 Å². The van der Waals surface area contributed by atoms with Crippen molar-refractivity contribution in [2.75, 3.05) is 37.7 Å². The van der Waals surface area contributed by atoms with Gasteiger partial charge in [0, 0.05) is 31.3 Å². The molecule has 0 radical (unpaired) electrons. The minimum absolute atomic E-state index is 0.0136. The molecular weight excluding hydrogens is 436 g/mol. The largest absolute Gasteiger partial charge is 0.508 e. The van der Waals surface area contributed by atoms with Crippen LogP contribution < -0.4 is 10.2 Å². The van der Waals surface area contributed by atoms with Crippen molar-refractivity contribution >= 4 is 11.7 Å². The van der Waals surface area contributed by atoms with Gasteiger partial charge in [-0.15, -0.1) is 10.2 Å². The summed E-state index contributed by atoms with van der Waals surface area (Å²) in [5.74, 6) is 0.573. The van der Waals surface area contributed by atoms with E-state index in [0.717, 1.165) is 18.9 Å². The molecule has 1 amide bonds. The number of amides is 1. The minimum Gasteiger partial charge on any atom is -0.508 e. The third-order valence-corrected chi connectivity index (χ3v) is 5.69. The van der Waals surface area contributed by atoms with Crippen molar-refractivity contribution in [3.63, 3.8) is 0 Å². The molecule has 0 atom stereocenters. The Bertz CT molecular complexity index is 1180. The molecule has 180 valence electrons. The maximum Gasteiger partial charge on any atom is 0.289 e. The highest BCUT2D eigenvalue weighted by Crippen LogP contribution is 2.40. The highest BCUT2D eigenvalue weighted by molar-refractivity contribution is 5.92. The fourth-order valence-electron chi connectivity index (χ4n) is 3.94. The Morgan fingerprint density at radius 2 is 1.85 bits per heavy atom. The average molecular weight is 467 g/mol. The Labute approximate surface area is 198 Å². The molecule has 34 heavy (non-hydrogen) atoms. The predicted molar refractivity (Wildman–Crippen MR) is 128 cm³/mol. The second-order valence-electron chi connectivity index (χ2n) is 9.15. The minimum atomic E-state index is -0.396. The summed E-state index contributed by atoms with van der Waals surface area (Å²) in [4.78, 5) is 19.5. The number of anilines is 1. The van der Waals surface area contributed by atoms with Crippen molar-refractivity contribution in [2.45, 2.75) is 33.1 Å². The van der Waals surface area contributed by atoms with E-state index in [9.17, 15) is 15.0 Å². The van der Waals surface area contributed by atoms with Gasteiger partial charge in [0.05, 0.1) is 30.7 Å². The fourth-order valence-corrected chi connectivity index (χ4v) is 3.94. The van der Waals surface area contributed by atoms with E-state index < -0.39 is 5.91 Å². The molecule has 0 spiro atoms. The first-order valence-corrected chi connectivity index (χ1v) is 11.3. The number of phenols is 2. The first kappa shape index (κ1) is 23.5. The number of nitrogens with one attached hydrogen (secondary N) is 1. The van der Waals surface area contributed by atoms with Gasteiger partial charge in [-0.1, -0.05) is 20.8 Å². The van der Waals surface area contributed by atoms with Gasteiger partial charge >= 0.3 is 0 Å². The molecule has 0 unspecified atom stereocenters. The lowest BCUT2D eigenvalue weighted by Crippen LogP contribution is -2.36. The molecule has 1 aliphatic rings. The highest BCUT2D eigenvalue weighted by atomic mass is 16.5. The molecule has 3 heterocycles. The number of benzene rings is 1. The fraction of sp³-hybridized carbons (Fsp3) is 0.417. The zero-order valence-electron chi connectivity index (χ0n) is 19.9. The summed E-state index contributed by atoms with van der Waals surface area (Å²) in [6.45, 7) is 10.9. The molecule has 0 aliphatic carbocycles. The standard InChI is InChI=1S/C24H30N6O4/c1-5-25-23(33)22-28-27-21(16-12-17(24(2,3)4)19(32)13-18(16)31)30(22)15-6-7-20(26-14-15)29-8-10-34-11-9-29/h6-7,12-14,31-32H,5,8-11H2,1-4H3,(H,25,33). The number of nitrogens with zero attached hydrogens (tertiary/aromatic N) is 5. The molecule has 4 rings (SSSR count). The van der Waals surface area contributed by atoms with E-state index in [1.54, 1.807) is 16.8 Å². The molecule has 1 saturated heterocycles. The Morgan fingerprint density at radius 3 is 2.47 bits per heavy atom. The van der Waals surface area contributed by atoms with E-state index in [0.29, 0.717) is 36.6 Å². The van der Waals surface area contributed by atoms with E-state index in [1.165, 1.54) is 6.07 Å². The van der Waals surface area contributed by atoms with Crippen molar-refractivity contribution in [2.24, 2.45) is 0 Å². The van der Waals surface area contributed by atoms with Crippen molar-refractivity contribution in [1.82, 2.24) is 25.1 Å². The third kappa shape index (κ3) is 4.54. The van der Waals surface area contributed by atoms with Gasteiger partial charge < -0.3 is 25.2 Å². The van der Waals surface area contributed by atoms with Crippen LogP contribution in [0.3, 0.4) is 0 Å². The molecule has 1 aromatic carbocycles. The molecule has 3 aromatic rings. The zero-order chi connectivity index (χ0) is 24.5. The highest BCUT2D eigenvalue weighted by Gasteiger charge is 2.26. The smallest absolute Gasteiger partial charge is 0.289 e. The second-order valence-corrected chi connectivity index (χ2v) is 9.15. The van der Waals surface area contributed by atoms with Crippen LogP contribution >= 0.6 is 0 Å². The molecule has 10 heteroatoms. The summed E-state index contributed by atoms with van der Waals surface area (Å²) in [6.07, 6.45) is 1.66. The predicted octanol–water partition coefficient (Wildman–Crippen LogP) is 2.62. The number of pyridine rings is 1. The third-order valence-electron chi connectivity index (χ3n) is 5.69. The lowest BCUT2D eigenvalue weighted by molar-refractivity contribution is 0.0943. The van der Waals surface area contributed by atoms with Crippen LogP contribution in [0.15, 0.2) is 30.5 Å². The molecule has 0 bridgehead atoms. The van der Waals surface area contributed by atoms with Crippen LogP contribution in [0.1, 0.15) is 43.9 Å². The number of aromatic hydroxyl groups is 2. The zero-order valence-corrected chi connectivity index (χ0v) is 19.9. The maximum atomic E-state index is 12.8. The molecule has 1 fully saturated rings. The number of aromatic nitrogens is 4. The summed E-state index contributed by atoms with van der Waals surface area (Å²) in [6, 6.07) is 6.70. The summed E-state index contributed by atoms with van der Waals surface area (Å²) in [5, 5.41) is 32.2. The summed E-state index contributed by atoms with van der Waals surface area (Å²) >= 11 is 0. The SMILES string of the molecule is CCNC(=O)c1nnc(-c2cc(C(C)(C)C)c(O)cc2O)n1-c1ccc(N2CCOCC2)nc1. The van der Waals surface area contributed by atoms with Gasteiger partial charge in [-0.25, -0.2) is 4.98 Å². The van der Waals surface area contributed by atoms with Crippen LogP contribution in [-0.4, -0.2) is 68.7 Å². The number of carbonyl (C=O) groups is 1. The van der Waals surface area contributed by atoms with Gasteiger partial charge in [0.2, 0.25) is 5.82 Å². The van der Waals surface area contributed by atoms with Crippen molar-refractivity contribution in [1.29, 1.82) is 0 Å². The van der Waals surface area contributed by atoms with Gasteiger partial charge in [0.1, 0.15) is 17.3 Å². The number of morpholine rings is 1. The Balaban J connectivity index is 1.84. The average Bonchev–Trinajstić information content (AvgIpc) is 3.24. The topological polar surface area (TPSA) is 126 Å². The van der Waals surface area contributed by atoms with Crippen LogP contribution in [-0.2, 0) is 10.2 Å². The summed E-state index contributed by atoms with van der Waals surface area (Å²) in [7, 11) is 0. The van der Waals surface area contributed by atoms with Gasteiger partial charge in [-0.3, -0.25) is 9.36 Å². The van der Waals surface area contributed by atoms with Crippen LogP contribution in [0.2, 0.25) is 0 Å². The number of hydrogen-bond acceptors (Lipinski definition) is 8. The van der Waals surface area contributed by atoms with E-state index >= 15 is 0 Å². The van der Waals surface area contributed by atoms with E-state index in [4.69, 9.17) is 4.74 Å². The summed E-state index contributed by atoms with van der Waals surface area (Å²) in [5.41, 5.74) is 1.17. The quantitative estimate of drug-likeness (QED) is 0.524. The number of carbonyl (C=O) groups excluding carboxylic acids is 1. The normalized spacial score (nSPS) is 14.3. The first-order valence-electron chi connectivity index (χ1n) is 11.3. The van der Waals surface area contributed by atoms with Crippen LogP contribution in [0, 0.1) is 0 Å². The lowest BCUT2D eigenvalue weighted by Gasteiger charge is -2.27. The maximum absolute atomic E-state index is 12.8. The van der Waals surface area contributed by atoms with Gasteiger partial charge in [-0.2, -0.15) is 0 Å². The number of ether oxygens (including phenoxy) is 1. The second kappa shape index (κ2) is 9.30. The number of phenolic OH excluding ortho intramolecular Hbond substituents is 2. The molecule has 0 saturated carbocycles. The van der Waals surface area contributed by atoms with Crippen LogP contribution in [0.25, 0.3) is 17.1 Å². The van der Waals surface area contributed by atoms with Crippen LogP contribution in [0.4, 0.5) is 5.82 Å². The van der Waals surface area contributed by atoms with Gasteiger partial charge in [0.25, 0.3) is 5.91 Å². The molecule has 3 N–H and O–H groups in total. The first-order chi connectivity index (χ1) is 16.2. The summed E-state index contributed by atoms with van der Waals surface area (Å²) < 4.78 is 6.98.